The van der Waals surface area contributed by atoms with E-state index in [0.29, 0.717) is 13.1 Å². The molecule has 1 fully saturated rings. The van der Waals surface area contributed by atoms with E-state index in [2.05, 4.69) is 15.6 Å². The molecule has 2 unspecified atom stereocenters. The van der Waals surface area contributed by atoms with Crippen molar-refractivity contribution >= 4 is 23.3 Å². The molecule has 1 aliphatic rings. The molecule has 0 bridgehead atoms. The molecule has 2 amide bonds. The third-order valence-corrected chi connectivity index (χ3v) is 4.58. The quantitative estimate of drug-likeness (QED) is 0.864. The highest BCUT2D eigenvalue weighted by Crippen LogP contribution is 2.31. The Morgan fingerprint density at radius 1 is 1.35 bits per heavy atom. The molecule has 7 heteroatoms. The Balaban J connectivity index is 1.77. The zero-order valence-corrected chi connectivity index (χ0v) is 14.7. The van der Waals surface area contributed by atoms with Gasteiger partial charge in [-0.2, -0.15) is 0 Å². The van der Waals surface area contributed by atoms with E-state index in [4.69, 9.17) is 4.74 Å². The maximum absolute atomic E-state index is 12.3. The molecule has 1 aromatic rings. The van der Waals surface area contributed by atoms with Gasteiger partial charge in [0.2, 0.25) is 5.91 Å². The minimum absolute atomic E-state index is 0.0497. The van der Waals surface area contributed by atoms with Crippen molar-refractivity contribution in [3.05, 3.63) is 16.6 Å². The molecule has 6 nitrogen and oxygen atoms in total. The van der Waals surface area contributed by atoms with Crippen LogP contribution in [0.15, 0.2) is 11.6 Å². The second-order valence-electron chi connectivity index (χ2n) is 6.82. The van der Waals surface area contributed by atoms with Crippen LogP contribution in [0.5, 0.6) is 0 Å². The van der Waals surface area contributed by atoms with Crippen LogP contribution in [0.4, 0.5) is 4.79 Å². The lowest BCUT2D eigenvalue weighted by Gasteiger charge is -2.22. The second-order valence-corrected chi connectivity index (χ2v) is 7.80. The van der Waals surface area contributed by atoms with Crippen molar-refractivity contribution in [1.82, 2.24) is 15.6 Å². The van der Waals surface area contributed by atoms with Gasteiger partial charge in [0.25, 0.3) is 0 Å². The van der Waals surface area contributed by atoms with Gasteiger partial charge in [-0.3, -0.25) is 4.79 Å². The fraction of sp³-hybridized carbons (Fsp3) is 0.688. The molecule has 1 aromatic heterocycles. The third-order valence-electron chi connectivity index (χ3n) is 3.80. The van der Waals surface area contributed by atoms with E-state index < -0.39 is 11.7 Å². The van der Waals surface area contributed by atoms with Crippen molar-refractivity contribution in [1.29, 1.82) is 0 Å². The number of carbonyl (C=O) groups excluding carboxylic acids is 2. The Bertz CT molecular complexity index is 525. The molecule has 0 radical (unpaired) electrons. The molecule has 0 aromatic carbocycles. The predicted octanol–water partition coefficient (Wildman–Crippen LogP) is 2.70. The normalized spacial score (nSPS) is 21.0. The third kappa shape index (κ3) is 5.82. The van der Waals surface area contributed by atoms with Crippen LogP contribution in [0.25, 0.3) is 0 Å². The maximum Gasteiger partial charge on any atom is 0.407 e. The maximum atomic E-state index is 12.3. The van der Waals surface area contributed by atoms with Gasteiger partial charge in [0, 0.05) is 24.0 Å². The molecular weight excluding hydrogens is 314 g/mol. The van der Waals surface area contributed by atoms with Gasteiger partial charge in [-0.1, -0.05) is 6.42 Å². The largest absolute Gasteiger partial charge is 0.444 e. The number of aromatic nitrogens is 1. The highest BCUT2D eigenvalue weighted by Gasteiger charge is 2.33. The molecule has 23 heavy (non-hydrogen) atoms. The molecule has 0 aliphatic heterocycles. The number of nitrogens with one attached hydrogen (secondary N) is 2. The summed E-state index contributed by atoms with van der Waals surface area (Å²) in [7, 11) is 0. The SMILES string of the molecule is CC(C)(C)OC(=O)NCC1CCCC1C(=O)NCc1nccs1. The van der Waals surface area contributed by atoms with Gasteiger partial charge in [-0.15, -0.1) is 11.3 Å². The lowest BCUT2D eigenvalue weighted by molar-refractivity contribution is -0.126. The Morgan fingerprint density at radius 3 is 2.78 bits per heavy atom. The van der Waals surface area contributed by atoms with E-state index in [-0.39, 0.29) is 17.7 Å². The average Bonchev–Trinajstić information content (AvgIpc) is 3.12. The van der Waals surface area contributed by atoms with Gasteiger partial charge >= 0.3 is 6.09 Å². The summed E-state index contributed by atoms with van der Waals surface area (Å²) < 4.78 is 5.23. The smallest absolute Gasteiger partial charge is 0.407 e. The zero-order valence-electron chi connectivity index (χ0n) is 13.9. The topological polar surface area (TPSA) is 80.3 Å². The monoisotopic (exact) mass is 339 g/mol. The summed E-state index contributed by atoms with van der Waals surface area (Å²) in [4.78, 5) is 28.2. The number of thiazole rings is 1. The highest BCUT2D eigenvalue weighted by atomic mass is 32.1. The predicted molar refractivity (Wildman–Crippen MR) is 89.0 cm³/mol. The molecule has 0 saturated heterocycles. The number of hydrogen-bond acceptors (Lipinski definition) is 5. The zero-order chi connectivity index (χ0) is 16.9. The van der Waals surface area contributed by atoms with Crippen molar-refractivity contribution in [3.8, 4) is 0 Å². The molecule has 2 rings (SSSR count). The second kappa shape index (κ2) is 7.77. The molecule has 1 heterocycles. The van der Waals surface area contributed by atoms with Crippen LogP contribution in [0, 0.1) is 11.8 Å². The summed E-state index contributed by atoms with van der Waals surface area (Å²) in [5, 5.41) is 8.53. The van der Waals surface area contributed by atoms with Crippen molar-refractivity contribution < 1.29 is 14.3 Å². The van der Waals surface area contributed by atoms with E-state index in [1.807, 2.05) is 26.2 Å². The molecular formula is C16H25N3O3S. The van der Waals surface area contributed by atoms with Crippen molar-refractivity contribution in [3.63, 3.8) is 0 Å². The molecule has 1 saturated carbocycles. The fourth-order valence-corrected chi connectivity index (χ4v) is 3.35. The standard InChI is InChI=1S/C16H25N3O3S/c1-16(2,3)22-15(21)19-9-11-5-4-6-12(11)14(20)18-10-13-17-7-8-23-13/h7-8,11-12H,4-6,9-10H2,1-3H3,(H,18,20)(H,19,21). The van der Waals surface area contributed by atoms with E-state index in [1.54, 1.807) is 6.20 Å². The van der Waals surface area contributed by atoms with Crippen LogP contribution in [-0.4, -0.2) is 29.1 Å². The number of amides is 2. The first-order valence-electron chi connectivity index (χ1n) is 7.98. The first-order valence-corrected chi connectivity index (χ1v) is 8.86. The first-order chi connectivity index (χ1) is 10.8. The van der Waals surface area contributed by atoms with Gasteiger partial charge in [0.1, 0.15) is 10.6 Å². The minimum atomic E-state index is -0.510. The minimum Gasteiger partial charge on any atom is -0.444 e. The van der Waals surface area contributed by atoms with Crippen LogP contribution < -0.4 is 10.6 Å². The average molecular weight is 339 g/mol. The summed E-state index contributed by atoms with van der Waals surface area (Å²) in [5.41, 5.74) is -0.510. The Kier molecular flexibility index (Phi) is 5.98. The number of alkyl carbamates (subject to hydrolysis) is 1. The van der Waals surface area contributed by atoms with Gasteiger partial charge in [-0.05, 0) is 39.5 Å². The lowest BCUT2D eigenvalue weighted by Crippen LogP contribution is -2.39. The van der Waals surface area contributed by atoms with Gasteiger partial charge in [-0.25, -0.2) is 9.78 Å². The number of hydrogen-bond donors (Lipinski definition) is 2. The number of ether oxygens (including phenoxy) is 1. The lowest BCUT2D eigenvalue weighted by atomic mass is 9.95. The van der Waals surface area contributed by atoms with E-state index in [1.165, 1.54) is 11.3 Å². The summed E-state index contributed by atoms with van der Waals surface area (Å²) >= 11 is 1.53. The van der Waals surface area contributed by atoms with Gasteiger partial charge < -0.3 is 15.4 Å². The first kappa shape index (κ1) is 17.7. The van der Waals surface area contributed by atoms with Crippen LogP contribution in [0.1, 0.15) is 45.0 Å². The van der Waals surface area contributed by atoms with Crippen LogP contribution in [0.2, 0.25) is 0 Å². The fourth-order valence-electron chi connectivity index (χ4n) is 2.79. The van der Waals surface area contributed by atoms with Crippen molar-refractivity contribution in [2.45, 2.75) is 52.2 Å². The van der Waals surface area contributed by atoms with E-state index >= 15 is 0 Å². The Labute approximate surface area is 141 Å². The van der Waals surface area contributed by atoms with Crippen molar-refractivity contribution in [2.75, 3.05) is 6.54 Å². The molecule has 1 aliphatic carbocycles. The number of carbonyl (C=O) groups is 2. The Morgan fingerprint density at radius 2 is 2.13 bits per heavy atom. The summed E-state index contributed by atoms with van der Waals surface area (Å²) in [5.74, 6) is 0.164. The van der Waals surface area contributed by atoms with Gasteiger partial charge in [0.05, 0.1) is 6.54 Å². The molecule has 2 N–H and O–H groups in total. The van der Waals surface area contributed by atoms with Crippen LogP contribution in [0.3, 0.4) is 0 Å². The number of nitrogens with zero attached hydrogens (tertiary/aromatic N) is 1. The van der Waals surface area contributed by atoms with Crippen molar-refractivity contribution in [2.24, 2.45) is 11.8 Å². The van der Waals surface area contributed by atoms with Gasteiger partial charge in [0.15, 0.2) is 0 Å². The summed E-state index contributed by atoms with van der Waals surface area (Å²) in [6.07, 6.45) is 4.13. The Hall–Kier alpha value is -1.63. The molecule has 2 atom stereocenters. The highest BCUT2D eigenvalue weighted by molar-refractivity contribution is 7.09. The molecule has 0 spiro atoms. The van der Waals surface area contributed by atoms with Crippen LogP contribution in [-0.2, 0) is 16.1 Å². The summed E-state index contributed by atoms with van der Waals surface area (Å²) in [6.45, 7) is 6.44. The summed E-state index contributed by atoms with van der Waals surface area (Å²) in [6, 6.07) is 0. The van der Waals surface area contributed by atoms with E-state index in [9.17, 15) is 9.59 Å². The van der Waals surface area contributed by atoms with Crippen LogP contribution >= 0.6 is 11.3 Å². The van der Waals surface area contributed by atoms with E-state index in [0.717, 1.165) is 24.3 Å². The molecule has 128 valence electrons. The number of rotatable bonds is 5.